The second-order valence-electron chi connectivity index (χ2n) is 7.53. The van der Waals surface area contributed by atoms with Crippen molar-refractivity contribution < 1.29 is 18.0 Å². The molecular weight excluding hydrogens is 475 g/mol. The molecule has 0 fully saturated rings. The molecule has 0 unspecified atom stereocenters. The molecule has 0 saturated heterocycles. The summed E-state index contributed by atoms with van der Waals surface area (Å²) in [5.41, 5.74) is 1.32. The van der Waals surface area contributed by atoms with Crippen LogP contribution in [0, 0.1) is 6.57 Å². The smallest absolute Gasteiger partial charge is 0.268 e. The van der Waals surface area contributed by atoms with Crippen LogP contribution in [0.2, 0.25) is 0 Å². The number of alkyl halides is 3. The summed E-state index contributed by atoms with van der Waals surface area (Å²) in [7, 11) is 0. The minimum Gasteiger partial charge on any atom is -0.268 e. The quantitative estimate of drug-likeness (QED) is 0.212. The molecule has 0 aliphatic heterocycles. The lowest BCUT2D eigenvalue weighted by molar-refractivity contribution is -0.137. The van der Waals surface area contributed by atoms with E-state index in [1.807, 2.05) is 12.1 Å². The highest BCUT2D eigenvalue weighted by atomic mass is 32.2. The molecule has 0 aliphatic rings. The van der Waals surface area contributed by atoms with Gasteiger partial charge in [0.15, 0.2) is 11.3 Å². The molecule has 0 radical (unpaired) electrons. The number of carbonyl (C=O) groups excluding carboxylic acids is 1. The Bertz CT molecular complexity index is 1640. The molecule has 5 rings (SSSR count). The Morgan fingerprint density at radius 2 is 1.77 bits per heavy atom. The van der Waals surface area contributed by atoms with Crippen LogP contribution >= 0.6 is 11.8 Å². The van der Waals surface area contributed by atoms with Crippen LogP contribution in [0.5, 0.6) is 0 Å². The van der Waals surface area contributed by atoms with Gasteiger partial charge in [-0.15, -0.1) is 10.2 Å². The van der Waals surface area contributed by atoms with Crippen molar-refractivity contribution in [2.24, 2.45) is 0 Å². The van der Waals surface area contributed by atoms with Gasteiger partial charge < -0.3 is 0 Å². The van der Waals surface area contributed by atoms with Gasteiger partial charge in [0, 0.05) is 16.7 Å². The lowest BCUT2D eigenvalue weighted by Crippen LogP contribution is -2.14. The van der Waals surface area contributed by atoms with Crippen LogP contribution in [0.1, 0.15) is 21.5 Å². The fourth-order valence-electron chi connectivity index (χ4n) is 3.73. The Morgan fingerprint density at radius 3 is 2.57 bits per heavy atom. The SMILES string of the molecule is [C-]#[N+]c1ccccc1CSc1nnc2c3ccccc3n(C(=O)c3cccc(C(F)(F)F)c3)c2n1. The summed E-state index contributed by atoms with van der Waals surface area (Å²) in [6.07, 6.45) is -4.58. The number of para-hydroxylation sites is 2. The first-order valence-corrected chi connectivity index (χ1v) is 11.3. The number of hydrogen-bond donors (Lipinski definition) is 0. The highest BCUT2D eigenvalue weighted by molar-refractivity contribution is 7.98. The maximum atomic E-state index is 13.5. The van der Waals surface area contributed by atoms with Gasteiger partial charge in [-0.05, 0) is 29.8 Å². The van der Waals surface area contributed by atoms with Crippen LogP contribution in [0.25, 0.3) is 26.9 Å². The normalized spacial score (nSPS) is 11.6. The number of hydrogen-bond acceptors (Lipinski definition) is 5. The van der Waals surface area contributed by atoms with E-state index in [2.05, 4.69) is 20.0 Å². The number of fused-ring (bicyclic) bond motifs is 3. The summed E-state index contributed by atoms with van der Waals surface area (Å²) < 4.78 is 41.0. The van der Waals surface area contributed by atoms with Crippen molar-refractivity contribution in [2.45, 2.75) is 17.1 Å². The van der Waals surface area contributed by atoms with Gasteiger partial charge in [-0.25, -0.2) is 9.83 Å². The van der Waals surface area contributed by atoms with E-state index in [0.29, 0.717) is 27.9 Å². The van der Waals surface area contributed by atoms with E-state index in [4.69, 9.17) is 6.57 Å². The number of carbonyl (C=O) groups is 1. The van der Waals surface area contributed by atoms with Gasteiger partial charge in [0.1, 0.15) is 5.52 Å². The Labute approximate surface area is 201 Å². The van der Waals surface area contributed by atoms with Crippen LogP contribution in [-0.2, 0) is 11.9 Å². The lowest BCUT2D eigenvalue weighted by atomic mass is 10.1. The van der Waals surface area contributed by atoms with Crippen molar-refractivity contribution >= 4 is 45.4 Å². The standard InChI is InChI=1S/C25H14F3N5OS/c1-29-19-11-4-2-7-16(19)14-35-24-30-22-21(31-32-24)18-10-3-5-12-20(18)33(22)23(34)15-8-6-9-17(13-15)25(26,27)28/h2-13H,14H2. The van der Waals surface area contributed by atoms with Gasteiger partial charge in [-0.1, -0.05) is 60.3 Å². The molecule has 35 heavy (non-hydrogen) atoms. The monoisotopic (exact) mass is 489 g/mol. The maximum absolute atomic E-state index is 13.5. The molecule has 10 heteroatoms. The molecule has 0 aliphatic carbocycles. The second kappa shape index (κ2) is 8.85. The van der Waals surface area contributed by atoms with Gasteiger partial charge in [-0.3, -0.25) is 9.36 Å². The van der Waals surface area contributed by atoms with E-state index < -0.39 is 17.6 Å². The fourth-order valence-corrected chi connectivity index (χ4v) is 4.50. The van der Waals surface area contributed by atoms with Crippen molar-refractivity contribution in [1.82, 2.24) is 19.7 Å². The van der Waals surface area contributed by atoms with Gasteiger partial charge >= 0.3 is 6.18 Å². The topological polar surface area (TPSA) is 65.0 Å². The molecule has 0 atom stereocenters. The zero-order valence-corrected chi connectivity index (χ0v) is 18.6. The van der Waals surface area contributed by atoms with Crippen LogP contribution < -0.4 is 0 Å². The summed E-state index contributed by atoms with van der Waals surface area (Å²) >= 11 is 1.25. The highest BCUT2D eigenvalue weighted by Gasteiger charge is 2.31. The number of rotatable bonds is 4. The van der Waals surface area contributed by atoms with Crippen molar-refractivity contribution in [2.75, 3.05) is 0 Å². The van der Waals surface area contributed by atoms with Gasteiger partial charge in [0.05, 0.1) is 17.7 Å². The number of nitrogens with zero attached hydrogens (tertiary/aromatic N) is 5. The van der Waals surface area contributed by atoms with Crippen LogP contribution in [0.3, 0.4) is 0 Å². The molecular formula is C25H14F3N5OS. The summed E-state index contributed by atoms with van der Waals surface area (Å²) in [5.74, 6) is -0.245. The zero-order valence-electron chi connectivity index (χ0n) is 17.8. The number of aromatic nitrogens is 4. The summed E-state index contributed by atoms with van der Waals surface area (Å²) in [4.78, 5) is 21.5. The third-order valence-corrected chi connectivity index (χ3v) is 6.26. The van der Waals surface area contributed by atoms with Crippen LogP contribution in [0.15, 0.2) is 78.0 Å². The Morgan fingerprint density at radius 1 is 1.00 bits per heavy atom. The molecule has 3 aromatic carbocycles. The van der Waals surface area contributed by atoms with Crippen molar-refractivity contribution in [3.8, 4) is 0 Å². The molecule has 0 spiro atoms. The van der Waals surface area contributed by atoms with E-state index in [1.165, 1.54) is 28.5 Å². The largest absolute Gasteiger partial charge is 0.416 e. The average Bonchev–Trinajstić information content (AvgIpc) is 3.20. The summed E-state index contributed by atoms with van der Waals surface area (Å²) in [6.45, 7) is 7.31. The third kappa shape index (κ3) is 4.22. The van der Waals surface area contributed by atoms with Crippen LogP contribution in [0.4, 0.5) is 18.9 Å². The first-order chi connectivity index (χ1) is 16.9. The average molecular weight is 489 g/mol. The van der Waals surface area contributed by atoms with Crippen molar-refractivity contribution in [3.05, 3.63) is 101 Å². The van der Waals surface area contributed by atoms with Gasteiger partial charge in [0.2, 0.25) is 5.16 Å². The Hall–Kier alpha value is -4.23. The molecule has 0 saturated carbocycles. The van der Waals surface area contributed by atoms with E-state index in [1.54, 1.807) is 36.4 Å². The zero-order chi connectivity index (χ0) is 24.6. The van der Waals surface area contributed by atoms with Crippen molar-refractivity contribution in [1.29, 1.82) is 0 Å². The lowest BCUT2D eigenvalue weighted by Gasteiger charge is -2.10. The molecule has 2 heterocycles. The van der Waals surface area contributed by atoms with E-state index in [-0.39, 0.29) is 16.4 Å². The molecule has 6 nitrogen and oxygen atoms in total. The van der Waals surface area contributed by atoms with Gasteiger partial charge in [0.25, 0.3) is 5.91 Å². The summed E-state index contributed by atoms with van der Waals surface area (Å²) in [6, 6.07) is 18.4. The maximum Gasteiger partial charge on any atom is 0.416 e. The second-order valence-corrected chi connectivity index (χ2v) is 8.47. The molecule has 0 N–H and O–H groups in total. The molecule has 0 amide bonds. The van der Waals surface area contributed by atoms with Crippen molar-refractivity contribution in [3.63, 3.8) is 0 Å². The molecule has 172 valence electrons. The summed E-state index contributed by atoms with van der Waals surface area (Å²) in [5, 5.41) is 9.33. The Kier molecular flexibility index (Phi) is 5.70. The molecule has 5 aromatic rings. The first-order valence-electron chi connectivity index (χ1n) is 10.3. The van der Waals surface area contributed by atoms with E-state index >= 15 is 0 Å². The van der Waals surface area contributed by atoms with Crippen LogP contribution in [-0.4, -0.2) is 25.7 Å². The minimum absolute atomic E-state index is 0.124. The third-order valence-electron chi connectivity index (χ3n) is 5.37. The number of halogens is 3. The predicted molar refractivity (Wildman–Crippen MR) is 126 cm³/mol. The first kappa shape index (κ1) is 22.6. The van der Waals surface area contributed by atoms with E-state index in [9.17, 15) is 18.0 Å². The van der Waals surface area contributed by atoms with Gasteiger partial charge in [-0.2, -0.15) is 13.2 Å². The number of thioether (sulfide) groups is 1. The number of benzene rings is 3. The predicted octanol–water partition coefficient (Wildman–Crippen LogP) is 6.53. The highest BCUT2D eigenvalue weighted by Crippen LogP contribution is 2.32. The Balaban J connectivity index is 1.60. The van der Waals surface area contributed by atoms with E-state index in [0.717, 1.165) is 17.7 Å². The molecule has 2 aromatic heterocycles. The fraction of sp³-hybridized carbons (Fsp3) is 0.0800. The molecule has 0 bridgehead atoms. The minimum atomic E-state index is -4.58.